The van der Waals surface area contributed by atoms with E-state index >= 15 is 0 Å². The molecule has 0 saturated heterocycles. The number of H-pyrrole nitrogens is 1. The Bertz CT molecular complexity index is 919. The van der Waals surface area contributed by atoms with Crippen LogP contribution in [0.2, 0.25) is 0 Å². The van der Waals surface area contributed by atoms with E-state index in [9.17, 15) is 14.9 Å². The van der Waals surface area contributed by atoms with Crippen LogP contribution in [0, 0.1) is 10.1 Å². The quantitative estimate of drug-likeness (QED) is 0.553. The van der Waals surface area contributed by atoms with Crippen LogP contribution >= 0.6 is 0 Å². The van der Waals surface area contributed by atoms with Crippen molar-refractivity contribution in [2.24, 2.45) is 0 Å². The summed E-state index contributed by atoms with van der Waals surface area (Å²) in [5, 5.41) is 20.7. The molecule has 2 N–H and O–H groups in total. The van der Waals surface area contributed by atoms with Crippen molar-refractivity contribution in [3.63, 3.8) is 0 Å². The number of aromatic nitrogens is 2. The molecule has 0 atom stereocenters. The highest BCUT2D eigenvalue weighted by molar-refractivity contribution is 6.11. The molecule has 0 unspecified atom stereocenters. The van der Waals surface area contributed by atoms with Crippen LogP contribution in [0.1, 0.15) is 17.4 Å². The maximum absolute atomic E-state index is 12.5. The van der Waals surface area contributed by atoms with Crippen LogP contribution in [-0.2, 0) is 0 Å². The summed E-state index contributed by atoms with van der Waals surface area (Å²) < 4.78 is 5.46. The minimum absolute atomic E-state index is 0.0833. The van der Waals surface area contributed by atoms with Crippen LogP contribution in [0.15, 0.2) is 42.5 Å². The molecule has 0 aliphatic rings. The van der Waals surface area contributed by atoms with E-state index in [1.807, 2.05) is 6.92 Å². The van der Waals surface area contributed by atoms with Gasteiger partial charge in [0.05, 0.1) is 22.7 Å². The number of anilines is 1. The van der Waals surface area contributed by atoms with Crippen molar-refractivity contribution in [2.45, 2.75) is 6.92 Å². The van der Waals surface area contributed by atoms with Crippen molar-refractivity contribution >= 4 is 28.2 Å². The zero-order valence-electron chi connectivity index (χ0n) is 12.8. The van der Waals surface area contributed by atoms with E-state index in [4.69, 9.17) is 4.74 Å². The number of fused-ring (bicyclic) bond motifs is 1. The Hall–Kier alpha value is -3.42. The molecule has 1 amide bonds. The van der Waals surface area contributed by atoms with E-state index < -0.39 is 10.8 Å². The van der Waals surface area contributed by atoms with Crippen LogP contribution in [0.25, 0.3) is 10.9 Å². The second-order valence-electron chi connectivity index (χ2n) is 4.94. The number of ether oxygens (including phenoxy) is 1. The van der Waals surface area contributed by atoms with E-state index in [0.717, 1.165) is 0 Å². The molecule has 1 aromatic heterocycles. The summed E-state index contributed by atoms with van der Waals surface area (Å²) in [6.07, 6.45) is 0. The van der Waals surface area contributed by atoms with Gasteiger partial charge in [0.25, 0.3) is 11.6 Å². The molecule has 2 aromatic carbocycles. The average molecular weight is 326 g/mol. The number of nitro groups is 1. The SMILES string of the molecule is CCOc1ccccc1NC(=O)c1n[nH]c2ccc([N+](=O)[O-])cc12. The Morgan fingerprint density at radius 1 is 1.33 bits per heavy atom. The Morgan fingerprint density at radius 3 is 2.88 bits per heavy atom. The molecule has 0 fully saturated rings. The maximum atomic E-state index is 12.5. The third kappa shape index (κ3) is 2.89. The molecule has 8 heteroatoms. The van der Waals surface area contributed by atoms with Crippen molar-refractivity contribution in [1.29, 1.82) is 0 Å². The normalized spacial score (nSPS) is 10.5. The van der Waals surface area contributed by atoms with Crippen molar-refractivity contribution in [3.05, 3.63) is 58.3 Å². The number of aromatic amines is 1. The summed E-state index contributed by atoms with van der Waals surface area (Å²) in [5.41, 5.74) is 1.03. The molecule has 0 bridgehead atoms. The second kappa shape index (κ2) is 6.37. The summed E-state index contributed by atoms with van der Waals surface area (Å²) in [7, 11) is 0. The molecule has 0 aliphatic carbocycles. The van der Waals surface area contributed by atoms with E-state index in [-0.39, 0.29) is 11.4 Å². The first-order chi connectivity index (χ1) is 11.6. The smallest absolute Gasteiger partial charge is 0.276 e. The second-order valence-corrected chi connectivity index (χ2v) is 4.94. The standard InChI is InChI=1S/C16H14N4O4/c1-2-24-14-6-4-3-5-13(14)17-16(21)15-11-9-10(20(22)23)7-8-12(11)18-19-15/h3-9H,2H2,1H3,(H,17,21)(H,18,19). The zero-order valence-corrected chi connectivity index (χ0v) is 12.8. The van der Waals surface area contributed by atoms with Gasteiger partial charge in [-0.15, -0.1) is 0 Å². The summed E-state index contributed by atoms with van der Waals surface area (Å²) in [6.45, 7) is 2.31. The predicted octanol–water partition coefficient (Wildman–Crippen LogP) is 3.12. The first-order valence-corrected chi connectivity index (χ1v) is 7.26. The number of hydrogen-bond acceptors (Lipinski definition) is 5. The lowest BCUT2D eigenvalue weighted by Gasteiger charge is -2.10. The van der Waals surface area contributed by atoms with Crippen molar-refractivity contribution in [1.82, 2.24) is 10.2 Å². The highest BCUT2D eigenvalue weighted by Crippen LogP contribution is 2.26. The van der Waals surface area contributed by atoms with Crippen LogP contribution in [0.4, 0.5) is 11.4 Å². The Labute approximate surface area is 136 Å². The maximum Gasteiger partial charge on any atom is 0.276 e. The fourth-order valence-corrected chi connectivity index (χ4v) is 2.32. The molecule has 0 saturated carbocycles. The van der Waals surface area contributed by atoms with Gasteiger partial charge in [0.1, 0.15) is 5.75 Å². The lowest BCUT2D eigenvalue weighted by atomic mass is 10.2. The number of nitro benzene ring substituents is 1. The monoisotopic (exact) mass is 326 g/mol. The predicted molar refractivity (Wildman–Crippen MR) is 88.3 cm³/mol. The first-order valence-electron chi connectivity index (χ1n) is 7.26. The van der Waals surface area contributed by atoms with Gasteiger partial charge in [-0.05, 0) is 25.1 Å². The lowest BCUT2D eigenvalue weighted by molar-refractivity contribution is -0.384. The van der Waals surface area contributed by atoms with Crippen molar-refractivity contribution in [3.8, 4) is 5.75 Å². The van der Waals surface area contributed by atoms with Gasteiger partial charge in [0, 0.05) is 17.5 Å². The van der Waals surface area contributed by atoms with E-state index in [1.54, 1.807) is 24.3 Å². The van der Waals surface area contributed by atoms with E-state index in [0.29, 0.717) is 28.9 Å². The third-order valence-corrected chi connectivity index (χ3v) is 3.41. The number of para-hydroxylation sites is 2. The molecule has 8 nitrogen and oxygen atoms in total. The third-order valence-electron chi connectivity index (χ3n) is 3.41. The summed E-state index contributed by atoms with van der Waals surface area (Å²) in [5.74, 6) is 0.0630. The number of carbonyl (C=O) groups is 1. The van der Waals surface area contributed by atoms with Crippen LogP contribution < -0.4 is 10.1 Å². The molecule has 24 heavy (non-hydrogen) atoms. The van der Waals surface area contributed by atoms with E-state index in [1.165, 1.54) is 18.2 Å². The van der Waals surface area contributed by atoms with Crippen LogP contribution in [0.3, 0.4) is 0 Å². The van der Waals surface area contributed by atoms with Gasteiger partial charge in [0.15, 0.2) is 5.69 Å². The number of non-ortho nitro benzene ring substituents is 1. The van der Waals surface area contributed by atoms with Crippen molar-refractivity contribution in [2.75, 3.05) is 11.9 Å². The molecule has 1 heterocycles. The highest BCUT2D eigenvalue weighted by Gasteiger charge is 2.18. The van der Waals surface area contributed by atoms with Gasteiger partial charge in [-0.3, -0.25) is 20.0 Å². The van der Waals surface area contributed by atoms with Crippen LogP contribution in [-0.4, -0.2) is 27.6 Å². The zero-order chi connectivity index (χ0) is 17.1. The topological polar surface area (TPSA) is 110 Å². The Balaban J connectivity index is 1.94. The number of amides is 1. The average Bonchev–Trinajstić information content (AvgIpc) is 3.00. The highest BCUT2D eigenvalue weighted by atomic mass is 16.6. The minimum Gasteiger partial charge on any atom is -0.492 e. The minimum atomic E-state index is -0.515. The molecular weight excluding hydrogens is 312 g/mol. The van der Waals surface area contributed by atoms with Gasteiger partial charge in [-0.25, -0.2) is 0 Å². The number of nitrogens with zero attached hydrogens (tertiary/aromatic N) is 2. The number of carbonyl (C=O) groups excluding carboxylic acids is 1. The number of nitrogens with one attached hydrogen (secondary N) is 2. The summed E-state index contributed by atoms with van der Waals surface area (Å²) >= 11 is 0. The molecule has 122 valence electrons. The summed E-state index contributed by atoms with van der Waals surface area (Å²) in [4.78, 5) is 22.9. The van der Waals surface area contributed by atoms with Gasteiger partial charge in [-0.1, -0.05) is 12.1 Å². The van der Waals surface area contributed by atoms with Gasteiger partial charge in [0.2, 0.25) is 0 Å². The fraction of sp³-hybridized carbons (Fsp3) is 0.125. The van der Waals surface area contributed by atoms with Gasteiger partial charge >= 0.3 is 0 Å². The molecule has 3 rings (SSSR count). The van der Waals surface area contributed by atoms with Gasteiger partial charge in [-0.2, -0.15) is 5.10 Å². The fourth-order valence-electron chi connectivity index (χ4n) is 2.32. The van der Waals surface area contributed by atoms with Crippen LogP contribution in [0.5, 0.6) is 5.75 Å². The number of benzene rings is 2. The van der Waals surface area contributed by atoms with E-state index in [2.05, 4.69) is 15.5 Å². The summed E-state index contributed by atoms with van der Waals surface area (Å²) in [6, 6.07) is 11.2. The molecular formula is C16H14N4O4. The molecule has 3 aromatic rings. The number of rotatable bonds is 5. The Morgan fingerprint density at radius 2 is 2.12 bits per heavy atom. The number of hydrogen-bond donors (Lipinski definition) is 2. The molecule has 0 aliphatic heterocycles. The van der Waals surface area contributed by atoms with Crippen molar-refractivity contribution < 1.29 is 14.5 Å². The Kier molecular flexibility index (Phi) is 4.11. The molecule has 0 radical (unpaired) electrons. The largest absolute Gasteiger partial charge is 0.492 e. The molecule has 0 spiro atoms. The van der Waals surface area contributed by atoms with Gasteiger partial charge < -0.3 is 10.1 Å². The first kappa shape index (κ1) is 15.5. The lowest BCUT2D eigenvalue weighted by Crippen LogP contribution is -2.13.